The number of thiol groups is 2. The average molecular weight is 300 g/mol. The van der Waals surface area contributed by atoms with E-state index in [1.165, 1.54) is 44.9 Å². The molecule has 0 amide bonds. The van der Waals surface area contributed by atoms with Gasteiger partial charge in [-0.3, -0.25) is 0 Å². The van der Waals surface area contributed by atoms with Gasteiger partial charge >= 0.3 is 0 Å². The maximum absolute atomic E-state index is 4.17. The third-order valence-corrected chi connectivity index (χ3v) is 2.45. The monoisotopic (exact) mass is 299 g/mol. The summed E-state index contributed by atoms with van der Waals surface area (Å²) in [6, 6.07) is 0. The molecular weight excluding hydrogens is 280 g/mol. The third-order valence-electron chi connectivity index (χ3n) is 1.82. The molecule has 79 valence electrons. The van der Waals surface area contributed by atoms with Gasteiger partial charge in [-0.15, -0.1) is 0 Å². The average Bonchev–Trinajstić information content (AvgIpc) is 2.03. The Morgan fingerprint density at radius 2 is 0.750 bits per heavy atom. The van der Waals surface area contributed by atoms with Crippen LogP contribution in [0.5, 0.6) is 0 Å². The minimum Gasteiger partial charge on any atom is -0.179 e. The molecule has 0 unspecified atom stereocenters. The minimum absolute atomic E-state index is 0. The molecular formula is C9H20AgS2. The van der Waals surface area contributed by atoms with Crippen molar-refractivity contribution < 1.29 is 22.4 Å². The van der Waals surface area contributed by atoms with E-state index in [1.54, 1.807) is 0 Å². The molecule has 0 bridgehead atoms. The van der Waals surface area contributed by atoms with Gasteiger partial charge in [-0.1, -0.05) is 32.1 Å². The van der Waals surface area contributed by atoms with Crippen molar-refractivity contribution in [2.45, 2.75) is 44.9 Å². The van der Waals surface area contributed by atoms with E-state index in [-0.39, 0.29) is 22.4 Å². The van der Waals surface area contributed by atoms with Crippen molar-refractivity contribution in [1.29, 1.82) is 0 Å². The van der Waals surface area contributed by atoms with Gasteiger partial charge in [0.1, 0.15) is 0 Å². The third kappa shape index (κ3) is 14.0. The Kier molecular flexibility index (Phi) is 19.8. The molecule has 0 spiro atoms. The summed E-state index contributed by atoms with van der Waals surface area (Å²) in [6.45, 7) is 0. The molecule has 0 saturated carbocycles. The second-order valence-electron chi connectivity index (χ2n) is 2.92. The van der Waals surface area contributed by atoms with Crippen LogP contribution in [0.3, 0.4) is 0 Å². The van der Waals surface area contributed by atoms with Gasteiger partial charge in [0.2, 0.25) is 0 Å². The molecule has 0 saturated heterocycles. The first-order chi connectivity index (χ1) is 5.41. The summed E-state index contributed by atoms with van der Waals surface area (Å²) in [5, 5.41) is 0. The van der Waals surface area contributed by atoms with Crippen molar-refractivity contribution in [2.75, 3.05) is 11.5 Å². The van der Waals surface area contributed by atoms with Crippen molar-refractivity contribution in [2.24, 2.45) is 0 Å². The van der Waals surface area contributed by atoms with Crippen molar-refractivity contribution in [3.63, 3.8) is 0 Å². The number of unbranched alkanes of at least 4 members (excludes halogenated alkanes) is 6. The van der Waals surface area contributed by atoms with Crippen LogP contribution in [0.4, 0.5) is 0 Å². The van der Waals surface area contributed by atoms with E-state index in [0.29, 0.717) is 0 Å². The smallest absolute Gasteiger partial charge is 0 e. The van der Waals surface area contributed by atoms with Gasteiger partial charge in [0, 0.05) is 22.4 Å². The maximum atomic E-state index is 4.17. The Labute approximate surface area is 104 Å². The van der Waals surface area contributed by atoms with Gasteiger partial charge in [-0.05, 0) is 24.3 Å². The van der Waals surface area contributed by atoms with E-state index < -0.39 is 0 Å². The number of hydrogen-bond acceptors (Lipinski definition) is 2. The fraction of sp³-hybridized carbons (Fsp3) is 1.00. The van der Waals surface area contributed by atoms with Gasteiger partial charge in [-0.2, -0.15) is 25.3 Å². The molecule has 0 atom stereocenters. The van der Waals surface area contributed by atoms with E-state index in [1.807, 2.05) is 0 Å². The summed E-state index contributed by atoms with van der Waals surface area (Å²) in [5.41, 5.74) is 0. The molecule has 3 heteroatoms. The van der Waals surface area contributed by atoms with Gasteiger partial charge in [0.05, 0.1) is 0 Å². The van der Waals surface area contributed by atoms with Crippen molar-refractivity contribution >= 4 is 25.3 Å². The predicted octanol–water partition coefficient (Wildman–Crippen LogP) is 3.57. The molecule has 0 aliphatic heterocycles. The number of hydrogen-bond donors (Lipinski definition) is 2. The van der Waals surface area contributed by atoms with Gasteiger partial charge < -0.3 is 0 Å². The standard InChI is InChI=1S/C9H20S2.Ag/c10-8-6-4-2-1-3-5-7-9-11;/h10-11H,1-9H2;. The Hall–Kier alpha value is 1.44. The van der Waals surface area contributed by atoms with Crippen LogP contribution in [0, 0.1) is 0 Å². The van der Waals surface area contributed by atoms with Crippen molar-refractivity contribution in [3.05, 3.63) is 0 Å². The fourth-order valence-electron chi connectivity index (χ4n) is 1.11. The van der Waals surface area contributed by atoms with E-state index in [0.717, 1.165) is 11.5 Å². The second kappa shape index (κ2) is 14.9. The van der Waals surface area contributed by atoms with Crippen molar-refractivity contribution in [3.8, 4) is 0 Å². The molecule has 12 heavy (non-hydrogen) atoms. The molecule has 1 radical (unpaired) electrons. The first kappa shape index (κ1) is 15.9. The zero-order valence-electron chi connectivity index (χ0n) is 7.56. The quantitative estimate of drug-likeness (QED) is 0.382. The number of rotatable bonds is 8. The van der Waals surface area contributed by atoms with Crippen LogP contribution in [-0.2, 0) is 22.4 Å². The Bertz CT molecular complexity index is 61.5. The Morgan fingerprint density at radius 3 is 1.00 bits per heavy atom. The normalized spacial score (nSPS) is 9.50. The predicted molar refractivity (Wildman–Crippen MR) is 60.0 cm³/mol. The molecule has 0 heterocycles. The molecule has 0 aromatic heterocycles. The summed E-state index contributed by atoms with van der Waals surface area (Å²) >= 11 is 8.34. The van der Waals surface area contributed by atoms with Crippen LogP contribution >= 0.6 is 25.3 Å². The first-order valence-electron chi connectivity index (χ1n) is 4.63. The van der Waals surface area contributed by atoms with E-state index in [4.69, 9.17) is 0 Å². The van der Waals surface area contributed by atoms with E-state index in [9.17, 15) is 0 Å². The maximum Gasteiger partial charge on any atom is 0 e. The largest absolute Gasteiger partial charge is 0.179 e. The van der Waals surface area contributed by atoms with Crippen LogP contribution in [0.2, 0.25) is 0 Å². The topological polar surface area (TPSA) is 0 Å². The van der Waals surface area contributed by atoms with Crippen LogP contribution in [0.1, 0.15) is 44.9 Å². The molecule has 0 aliphatic carbocycles. The second-order valence-corrected chi connectivity index (χ2v) is 3.82. The van der Waals surface area contributed by atoms with E-state index in [2.05, 4.69) is 25.3 Å². The zero-order valence-corrected chi connectivity index (χ0v) is 10.8. The first-order valence-corrected chi connectivity index (χ1v) is 5.90. The molecule has 0 aromatic carbocycles. The van der Waals surface area contributed by atoms with Crippen LogP contribution < -0.4 is 0 Å². The van der Waals surface area contributed by atoms with Crippen LogP contribution in [0.15, 0.2) is 0 Å². The van der Waals surface area contributed by atoms with Crippen LogP contribution in [-0.4, -0.2) is 11.5 Å². The fourth-order valence-corrected chi connectivity index (χ4v) is 1.55. The zero-order chi connectivity index (χ0) is 8.36. The SMILES string of the molecule is SCCCCCCCCCS.[Ag]. The van der Waals surface area contributed by atoms with E-state index >= 15 is 0 Å². The summed E-state index contributed by atoms with van der Waals surface area (Å²) in [6.07, 6.45) is 9.50. The molecule has 0 N–H and O–H groups in total. The molecule has 0 nitrogen and oxygen atoms in total. The van der Waals surface area contributed by atoms with Gasteiger partial charge in [-0.25, -0.2) is 0 Å². The van der Waals surface area contributed by atoms with Gasteiger partial charge in [0.25, 0.3) is 0 Å². The molecule has 0 aromatic rings. The summed E-state index contributed by atoms with van der Waals surface area (Å²) in [5.74, 6) is 2.10. The molecule has 0 fully saturated rings. The molecule has 0 rings (SSSR count). The Balaban J connectivity index is 0. The van der Waals surface area contributed by atoms with Crippen molar-refractivity contribution in [1.82, 2.24) is 0 Å². The summed E-state index contributed by atoms with van der Waals surface area (Å²) in [4.78, 5) is 0. The summed E-state index contributed by atoms with van der Waals surface area (Å²) < 4.78 is 0. The molecule has 0 aliphatic rings. The minimum atomic E-state index is 0. The summed E-state index contributed by atoms with van der Waals surface area (Å²) in [7, 11) is 0. The van der Waals surface area contributed by atoms with Gasteiger partial charge in [0.15, 0.2) is 0 Å². The Morgan fingerprint density at radius 1 is 0.500 bits per heavy atom. The van der Waals surface area contributed by atoms with Crippen LogP contribution in [0.25, 0.3) is 0 Å².